The van der Waals surface area contributed by atoms with Gasteiger partial charge in [-0.15, -0.1) is 0 Å². The molecule has 5 nitrogen and oxygen atoms in total. The fraction of sp³-hybridized carbons (Fsp3) is 0.400. The van der Waals surface area contributed by atoms with Crippen LogP contribution in [0, 0.1) is 0 Å². The maximum Gasteiger partial charge on any atom is 0.407 e. The number of hydrogen-bond acceptors (Lipinski definition) is 2. The summed E-state index contributed by atoms with van der Waals surface area (Å²) in [6.07, 6.45) is 5.55. The van der Waals surface area contributed by atoms with Crippen molar-refractivity contribution in [1.82, 2.24) is 9.88 Å². The Kier molecular flexibility index (Phi) is 6.02. The number of hydrogen-bond donors (Lipinski definition) is 1. The van der Waals surface area contributed by atoms with Crippen LogP contribution in [0.3, 0.4) is 0 Å². The van der Waals surface area contributed by atoms with Crippen LogP contribution in [0.1, 0.15) is 38.8 Å². The second kappa shape index (κ2) is 8.01. The van der Waals surface area contributed by atoms with Crippen LogP contribution >= 0.6 is 0 Å². The molecule has 1 amide bonds. The summed E-state index contributed by atoms with van der Waals surface area (Å²) in [4.78, 5) is 12.1. The quantitative estimate of drug-likeness (QED) is 0.783. The topological polar surface area (TPSA) is 47.1 Å². The zero-order chi connectivity index (χ0) is 18.4. The third-order valence-electron chi connectivity index (χ3n) is 4.19. The Bertz CT molecular complexity index is 747. The highest BCUT2D eigenvalue weighted by molar-refractivity contribution is 5.69. The molecular formula is C20H28N3O2+. The van der Waals surface area contributed by atoms with Gasteiger partial charge in [-0.05, 0) is 44.9 Å². The molecule has 0 aliphatic carbocycles. The predicted molar refractivity (Wildman–Crippen MR) is 99.0 cm³/mol. The zero-order valence-corrected chi connectivity index (χ0v) is 15.6. The van der Waals surface area contributed by atoms with E-state index >= 15 is 0 Å². The standard InChI is InChI=1S/C20H27N3O2/c1-6-22-10-11-23(15-22)12-13-25-19(24)21-20(4,5)18-9-7-8-17(14-18)16(2)3/h7-11,14-15H,2,6,12-13H2,1,3-5H3/p+1. The summed E-state index contributed by atoms with van der Waals surface area (Å²) >= 11 is 0. The number of carbonyl (C=O) groups excluding carboxylic acids is 1. The van der Waals surface area contributed by atoms with Gasteiger partial charge >= 0.3 is 6.09 Å². The fourth-order valence-electron chi connectivity index (χ4n) is 2.54. The van der Waals surface area contributed by atoms with Crippen molar-refractivity contribution in [1.29, 1.82) is 0 Å². The van der Waals surface area contributed by atoms with Gasteiger partial charge in [-0.1, -0.05) is 30.4 Å². The molecule has 0 spiro atoms. The van der Waals surface area contributed by atoms with Crippen LogP contribution in [0.2, 0.25) is 0 Å². The largest absolute Gasteiger partial charge is 0.445 e. The first kappa shape index (κ1) is 18.8. The second-order valence-corrected chi connectivity index (χ2v) is 6.73. The van der Waals surface area contributed by atoms with E-state index in [-0.39, 0.29) is 0 Å². The first-order chi connectivity index (χ1) is 11.8. The van der Waals surface area contributed by atoms with E-state index in [1.165, 1.54) is 0 Å². The Hall–Kier alpha value is -2.56. The van der Waals surface area contributed by atoms with Gasteiger partial charge in [0.15, 0.2) is 0 Å². The van der Waals surface area contributed by atoms with Crippen LogP contribution < -0.4 is 9.88 Å². The van der Waals surface area contributed by atoms with Crippen molar-refractivity contribution in [2.45, 2.75) is 46.3 Å². The summed E-state index contributed by atoms with van der Waals surface area (Å²) in [7, 11) is 0. The number of ether oxygens (including phenoxy) is 1. The predicted octanol–water partition coefficient (Wildman–Crippen LogP) is 3.49. The Balaban J connectivity index is 1.89. The molecule has 2 aromatic rings. The van der Waals surface area contributed by atoms with E-state index in [1.807, 2.05) is 68.3 Å². The molecule has 0 bridgehead atoms. The lowest BCUT2D eigenvalue weighted by Gasteiger charge is -2.27. The molecule has 5 heteroatoms. The number of benzene rings is 1. The van der Waals surface area contributed by atoms with Crippen LogP contribution in [0.5, 0.6) is 0 Å². The molecule has 1 aromatic carbocycles. The van der Waals surface area contributed by atoms with Gasteiger partial charge in [0.2, 0.25) is 6.33 Å². The molecule has 134 valence electrons. The van der Waals surface area contributed by atoms with Gasteiger partial charge in [0.05, 0.1) is 12.1 Å². The molecule has 25 heavy (non-hydrogen) atoms. The van der Waals surface area contributed by atoms with Crippen molar-refractivity contribution in [2.75, 3.05) is 6.61 Å². The first-order valence-corrected chi connectivity index (χ1v) is 8.58. The number of imidazole rings is 1. The van der Waals surface area contributed by atoms with Gasteiger partial charge in [-0.2, -0.15) is 0 Å². The molecule has 1 aromatic heterocycles. The number of nitrogens with one attached hydrogen (secondary N) is 1. The van der Waals surface area contributed by atoms with Crippen LogP contribution in [0.25, 0.3) is 5.57 Å². The highest BCUT2D eigenvalue weighted by Crippen LogP contribution is 2.23. The average molecular weight is 342 g/mol. The highest BCUT2D eigenvalue weighted by Gasteiger charge is 2.24. The Morgan fingerprint density at radius 2 is 2.16 bits per heavy atom. The van der Waals surface area contributed by atoms with Gasteiger partial charge in [-0.3, -0.25) is 0 Å². The average Bonchev–Trinajstić information content (AvgIpc) is 3.02. The molecule has 1 N–H and O–H groups in total. The van der Waals surface area contributed by atoms with Crippen molar-refractivity contribution in [3.8, 4) is 0 Å². The van der Waals surface area contributed by atoms with Crippen LogP contribution in [-0.2, 0) is 23.4 Å². The Morgan fingerprint density at radius 3 is 2.80 bits per heavy atom. The van der Waals surface area contributed by atoms with Gasteiger partial charge in [0, 0.05) is 0 Å². The van der Waals surface area contributed by atoms with Crippen molar-refractivity contribution in [3.63, 3.8) is 0 Å². The maximum atomic E-state index is 12.1. The van der Waals surface area contributed by atoms with Crippen molar-refractivity contribution >= 4 is 11.7 Å². The molecule has 0 saturated carbocycles. The Morgan fingerprint density at radius 1 is 1.40 bits per heavy atom. The lowest BCUT2D eigenvalue weighted by Crippen LogP contribution is -2.42. The van der Waals surface area contributed by atoms with Crippen molar-refractivity contribution in [3.05, 3.63) is 60.7 Å². The van der Waals surface area contributed by atoms with Crippen LogP contribution in [-0.4, -0.2) is 17.3 Å². The van der Waals surface area contributed by atoms with Gasteiger partial charge in [-0.25, -0.2) is 13.9 Å². The number of rotatable bonds is 7. The van der Waals surface area contributed by atoms with Gasteiger partial charge < -0.3 is 10.1 Å². The number of aryl methyl sites for hydroxylation is 1. The Labute approximate surface area is 149 Å². The summed E-state index contributed by atoms with van der Waals surface area (Å²) in [5.41, 5.74) is 2.55. The third-order valence-corrected chi connectivity index (χ3v) is 4.19. The zero-order valence-electron chi connectivity index (χ0n) is 15.6. The molecule has 0 unspecified atom stereocenters. The first-order valence-electron chi connectivity index (χ1n) is 8.58. The molecule has 1 heterocycles. The smallest absolute Gasteiger partial charge is 0.407 e. The van der Waals surface area contributed by atoms with E-state index in [2.05, 4.69) is 23.4 Å². The van der Waals surface area contributed by atoms with Crippen molar-refractivity contribution in [2.24, 2.45) is 0 Å². The second-order valence-electron chi connectivity index (χ2n) is 6.73. The van der Waals surface area contributed by atoms with Crippen LogP contribution in [0.4, 0.5) is 4.79 Å². The molecule has 0 atom stereocenters. The monoisotopic (exact) mass is 342 g/mol. The highest BCUT2D eigenvalue weighted by atomic mass is 16.5. The number of alkyl carbamates (subject to hydrolysis) is 1. The normalized spacial score (nSPS) is 11.2. The molecule has 0 saturated heterocycles. The van der Waals surface area contributed by atoms with E-state index < -0.39 is 11.6 Å². The molecule has 2 rings (SSSR count). The van der Waals surface area contributed by atoms with E-state index in [0.29, 0.717) is 13.2 Å². The maximum absolute atomic E-state index is 12.1. The summed E-state index contributed by atoms with van der Waals surface area (Å²) in [6, 6.07) is 8.03. The molecule has 0 fully saturated rings. The number of aromatic nitrogens is 2. The summed E-state index contributed by atoms with van der Waals surface area (Å²) in [6.45, 7) is 13.8. The minimum Gasteiger partial charge on any atom is -0.445 e. The van der Waals surface area contributed by atoms with Crippen molar-refractivity contribution < 1.29 is 14.1 Å². The molecule has 0 aliphatic rings. The lowest BCUT2D eigenvalue weighted by molar-refractivity contribution is -0.697. The van der Waals surface area contributed by atoms with E-state index in [9.17, 15) is 4.79 Å². The minimum absolute atomic E-state index is 0.326. The molecular weight excluding hydrogens is 314 g/mol. The van der Waals surface area contributed by atoms with Crippen LogP contribution in [0.15, 0.2) is 49.6 Å². The SMILES string of the molecule is C=C(C)c1cccc(C(C)(C)NC(=O)OCC[n+]2ccn(CC)c2)c1. The third kappa shape index (κ3) is 5.21. The van der Waals surface area contributed by atoms with Gasteiger partial charge in [0.25, 0.3) is 0 Å². The minimum atomic E-state index is -0.527. The fourth-order valence-corrected chi connectivity index (χ4v) is 2.54. The summed E-state index contributed by atoms with van der Waals surface area (Å²) in [5.74, 6) is 0. The van der Waals surface area contributed by atoms with E-state index in [4.69, 9.17) is 4.74 Å². The number of amides is 1. The number of carbonyl (C=O) groups is 1. The summed E-state index contributed by atoms with van der Waals surface area (Å²) in [5, 5.41) is 2.94. The van der Waals surface area contributed by atoms with E-state index in [1.54, 1.807) is 0 Å². The van der Waals surface area contributed by atoms with Gasteiger partial charge in [0.1, 0.15) is 25.5 Å². The number of allylic oxidation sites excluding steroid dienone is 1. The molecule has 0 aliphatic heterocycles. The number of nitrogens with zero attached hydrogens (tertiary/aromatic N) is 2. The summed E-state index contributed by atoms with van der Waals surface area (Å²) < 4.78 is 9.39. The molecule has 0 radical (unpaired) electrons. The van der Waals surface area contributed by atoms with E-state index in [0.717, 1.165) is 23.2 Å². The lowest BCUT2D eigenvalue weighted by atomic mass is 9.92.